The Hall–Kier alpha value is -2.14. The van der Waals surface area contributed by atoms with Crippen LogP contribution in [0.25, 0.3) is 22.4 Å². The van der Waals surface area contributed by atoms with Gasteiger partial charge in [-0.05, 0) is 19.4 Å². The smallest absolute Gasteiger partial charge is 0.227 e. The van der Waals surface area contributed by atoms with E-state index in [0.29, 0.717) is 18.1 Å². The zero-order valence-corrected chi connectivity index (χ0v) is 10.7. The van der Waals surface area contributed by atoms with Crippen LogP contribution in [0.1, 0.15) is 19.2 Å². The minimum Gasteiger partial charge on any atom is -0.464 e. The van der Waals surface area contributed by atoms with E-state index < -0.39 is 0 Å². The molecule has 3 rings (SSSR count). The van der Waals surface area contributed by atoms with Crippen LogP contribution in [0.2, 0.25) is 0 Å². The number of nitrogens with zero attached hydrogens (tertiary/aromatic N) is 2. The zero-order chi connectivity index (χ0) is 13.2. The van der Waals surface area contributed by atoms with Crippen LogP contribution in [-0.4, -0.2) is 16.2 Å². The summed E-state index contributed by atoms with van der Waals surface area (Å²) in [6.07, 6.45) is 3.18. The quantitative estimate of drug-likeness (QED) is 0.777. The van der Waals surface area contributed by atoms with Crippen molar-refractivity contribution in [2.24, 2.45) is 5.73 Å². The number of rotatable bonds is 4. The van der Waals surface area contributed by atoms with Crippen LogP contribution < -0.4 is 5.73 Å². The SMILES string of the molecule is CC(N)CCc1nc(-c2coc3ccccc23)no1. The molecule has 3 aromatic rings. The van der Waals surface area contributed by atoms with Crippen LogP contribution in [0.5, 0.6) is 0 Å². The molecule has 5 heteroatoms. The van der Waals surface area contributed by atoms with Gasteiger partial charge in [0.2, 0.25) is 11.7 Å². The van der Waals surface area contributed by atoms with Crippen molar-refractivity contribution < 1.29 is 8.94 Å². The van der Waals surface area contributed by atoms with Crippen LogP contribution in [0.3, 0.4) is 0 Å². The van der Waals surface area contributed by atoms with Crippen molar-refractivity contribution in [2.45, 2.75) is 25.8 Å². The van der Waals surface area contributed by atoms with Gasteiger partial charge in [-0.15, -0.1) is 0 Å². The maximum atomic E-state index is 5.71. The van der Waals surface area contributed by atoms with Gasteiger partial charge < -0.3 is 14.7 Å². The van der Waals surface area contributed by atoms with Crippen LogP contribution in [0, 0.1) is 0 Å². The first-order valence-electron chi connectivity index (χ1n) is 6.29. The number of aromatic nitrogens is 2. The average molecular weight is 257 g/mol. The molecule has 1 atom stereocenters. The van der Waals surface area contributed by atoms with Gasteiger partial charge in [0.15, 0.2) is 0 Å². The van der Waals surface area contributed by atoms with Gasteiger partial charge in [0.1, 0.15) is 11.8 Å². The summed E-state index contributed by atoms with van der Waals surface area (Å²) >= 11 is 0. The Bertz CT molecular complexity index is 685. The number of benzene rings is 1. The number of aryl methyl sites for hydroxylation is 1. The van der Waals surface area contributed by atoms with Gasteiger partial charge in [0.25, 0.3) is 0 Å². The second-order valence-electron chi connectivity index (χ2n) is 4.67. The topological polar surface area (TPSA) is 78.1 Å². The van der Waals surface area contributed by atoms with Crippen LogP contribution in [0.15, 0.2) is 39.5 Å². The minimum atomic E-state index is 0.130. The van der Waals surface area contributed by atoms with Gasteiger partial charge in [-0.25, -0.2) is 0 Å². The number of furan rings is 1. The summed E-state index contributed by atoms with van der Waals surface area (Å²) in [4.78, 5) is 4.38. The third-order valence-electron chi connectivity index (χ3n) is 3.00. The molecule has 0 saturated carbocycles. The molecule has 98 valence electrons. The Labute approximate surface area is 110 Å². The van der Waals surface area contributed by atoms with Gasteiger partial charge >= 0.3 is 0 Å². The molecule has 0 radical (unpaired) electrons. The van der Waals surface area contributed by atoms with Crippen LogP contribution in [-0.2, 0) is 6.42 Å². The molecule has 0 spiro atoms. The normalized spacial score (nSPS) is 12.9. The fourth-order valence-electron chi connectivity index (χ4n) is 1.97. The fourth-order valence-corrected chi connectivity index (χ4v) is 1.97. The molecule has 2 aromatic heterocycles. The van der Waals surface area contributed by atoms with Crippen molar-refractivity contribution >= 4 is 11.0 Å². The molecule has 0 aliphatic heterocycles. The Kier molecular flexibility index (Phi) is 3.05. The van der Waals surface area contributed by atoms with E-state index in [0.717, 1.165) is 23.0 Å². The van der Waals surface area contributed by atoms with Gasteiger partial charge in [0.05, 0.1) is 5.56 Å². The lowest BCUT2D eigenvalue weighted by atomic mass is 10.1. The third-order valence-corrected chi connectivity index (χ3v) is 3.00. The molecule has 19 heavy (non-hydrogen) atoms. The third kappa shape index (κ3) is 2.37. The summed E-state index contributed by atoms with van der Waals surface area (Å²) in [6.45, 7) is 1.96. The van der Waals surface area contributed by atoms with Crippen molar-refractivity contribution in [2.75, 3.05) is 0 Å². The van der Waals surface area contributed by atoms with Gasteiger partial charge in [-0.3, -0.25) is 0 Å². The van der Waals surface area contributed by atoms with E-state index in [1.165, 1.54) is 0 Å². The molecule has 0 amide bonds. The Morgan fingerprint density at radius 3 is 3.00 bits per heavy atom. The monoisotopic (exact) mass is 257 g/mol. The molecule has 2 heterocycles. The number of hydrogen-bond acceptors (Lipinski definition) is 5. The van der Waals surface area contributed by atoms with Crippen molar-refractivity contribution in [1.29, 1.82) is 0 Å². The minimum absolute atomic E-state index is 0.130. The standard InChI is InChI=1S/C14H15N3O2/c1-9(15)6-7-13-16-14(17-19-13)11-8-18-12-5-3-2-4-10(11)12/h2-5,8-9H,6-7,15H2,1H3. The number of nitrogens with two attached hydrogens (primary N) is 1. The highest BCUT2D eigenvalue weighted by Gasteiger charge is 2.14. The second-order valence-corrected chi connectivity index (χ2v) is 4.67. The highest BCUT2D eigenvalue weighted by molar-refractivity contribution is 5.91. The molecular formula is C14H15N3O2. The van der Waals surface area contributed by atoms with Crippen molar-refractivity contribution in [3.05, 3.63) is 36.4 Å². The van der Waals surface area contributed by atoms with Crippen molar-refractivity contribution in [3.63, 3.8) is 0 Å². The maximum absolute atomic E-state index is 5.71. The molecular weight excluding hydrogens is 242 g/mol. The number of fused-ring (bicyclic) bond motifs is 1. The van der Waals surface area contributed by atoms with Crippen LogP contribution >= 0.6 is 0 Å². The van der Waals surface area contributed by atoms with Crippen molar-refractivity contribution in [1.82, 2.24) is 10.1 Å². The fraction of sp³-hybridized carbons (Fsp3) is 0.286. The molecule has 0 fully saturated rings. The van der Waals surface area contributed by atoms with Gasteiger partial charge in [-0.1, -0.05) is 23.4 Å². The molecule has 1 aromatic carbocycles. The number of hydrogen-bond donors (Lipinski definition) is 1. The molecule has 0 aliphatic rings. The highest BCUT2D eigenvalue weighted by atomic mass is 16.5. The average Bonchev–Trinajstić information content (AvgIpc) is 3.02. The summed E-state index contributed by atoms with van der Waals surface area (Å²) in [7, 11) is 0. The summed E-state index contributed by atoms with van der Waals surface area (Å²) in [5, 5.41) is 4.99. The predicted octanol–water partition coefficient (Wildman–Crippen LogP) is 2.76. The van der Waals surface area contributed by atoms with E-state index in [1.54, 1.807) is 6.26 Å². The summed E-state index contributed by atoms with van der Waals surface area (Å²) in [6, 6.07) is 7.91. The first-order chi connectivity index (χ1) is 9.24. The van der Waals surface area contributed by atoms with E-state index >= 15 is 0 Å². The summed E-state index contributed by atoms with van der Waals surface area (Å²) < 4.78 is 10.7. The summed E-state index contributed by atoms with van der Waals surface area (Å²) in [5.74, 6) is 1.17. The Morgan fingerprint density at radius 1 is 1.32 bits per heavy atom. The number of para-hydroxylation sites is 1. The van der Waals surface area contributed by atoms with E-state index in [9.17, 15) is 0 Å². The maximum Gasteiger partial charge on any atom is 0.227 e. The highest BCUT2D eigenvalue weighted by Crippen LogP contribution is 2.28. The Morgan fingerprint density at radius 2 is 2.16 bits per heavy atom. The molecule has 2 N–H and O–H groups in total. The first-order valence-corrected chi connectivity index (χ1v) is 6.29. The molecule has 0 saturated heterocycles. The molecule has 0 bridgehead atoms. The molecule has 1 unspecified atom stereocenters. The molecule has 5 nitrogen and oxygen atoms in total. The second kappa shape index (κ2) is 4.85. The molecule has 0 aliphatic carbocycles. The lowest BCUT2D eigenvalue weighted by Crippen LogP contribution is -2.15. The lowest BCUT2D eigenvalue weighted by Gasteiger charge is -1.99. The van der Waals surface area contributed by atoms with E-state index in [4.69, 9.17) is 14.7 Å². The first kappa shape index (κ1) is 11.9. The lowest BCUT2D eigenvalue weighted by molar-refractivity contribution is 0.372. The largest absolute Gasteiger partial charge is 0.464 e. The van der Waals surface area contributed by atoms with Gasteiger partial charge in [-0.2, -0.15) is 4.98 Å². The predicted molar refractivity (Wildman–Crippen MR) is 71.5 cm³/mol. The van der Waals surface area contributed by atoms with Crippen LogP contribution in [0.4, 0.5) is 0 Å². The van der Waals surface area contributed by atoms with E-state index in [2.05, 4.69) is 10.1 Å². The van der Waals surface area contributed by atoms with E-state index in [1.807, 2.05) is 31.2 Å². The summed E-state index contributed by atoms with van der Waals surface area (Å²) in [5.41, 5.74) is 7.38. The zero-order valence-electron chi connectivity index (χ0n) is 10.7. The Balaban J connectivity index is 1.90. The van der Waals surface area contributed by atoms with E-state index in [-0.39, 0.29) is 6.04 Å². The van der Waals surface area contributed by atoms with Crippen molar-refractivity contribution in [3.8, 4) is 11.4 Å². The van der Waals surface area contributed by atoms with Gasteiger partial charge in [0, 0.05) is 17.8 Å².